The quantitative estimate of drug-likeness (QED) is 0.169. The minimum absolute atomic E-state index is 0.0187. The van der Waals surface area contributed by atoms with Gasteiger partial charge in [-0.05, 0) is 61.7 Å². The van der Waals surface area contributed by atoms with Crippen LogP contribution in [0.3, 0.4) is 0 Å². The second kappa shape index (κ2) is 14.0. The lowest BCUT2D eigenvalue weighted by Crippen LogP contribution is -2.66. The minimum atomic E-state index is -3.96. The number of sulfone groups is 1. The molecule has 0 spiro atoms. The predicted molar refractivity (Wildman–Crippen MR) is 167 cm³/mol. The number of hydrogen-bond acceptors (Lipinski definition) is 7. The number of hydrogen-bond donors (Lipinski definition) is 4. The van der Waals surface area contributed by atoms with Crippen molar-refractivity contribution in [3.63, 3.8) is 0 Å². The van der Waals surface area contributed by atoms with E-state index in [0.717, 1.165) is 18.3 Å². The van der Waals surface area contributed by atoms with E-state index in [1.807, 2.05) is 6.92 Å². The fraction of sp³-hybridized carbons (Fsp3) is 0.273. The molecule has 0 bridgehead atoms. The number of benzene rings is 3. The van der Waals surface area contributed by atoms with Crippen LogP contribution in [-0.2, 0) is 27.5 Å². The summed E-state index contributed by atoms with van der Waals surface area (Å²) in [5, 5.41) is 11.9. The standard InChI is InChI=1S/C33H33F4N5O3S/c1-21-17-39-20-33(42-21,46(44,45)27-5-3-2-4-6-27)12-11-28-29(37)18-38-19-31(28)41-30(13-22-7-9-23(34)10-8-22)32(43)40-26-15-24(35)14-25(36)16-26/h2-10,14-16,18-19,21,30,39,41-42H,11-13,17,20H2,1H3,(H,40,43)/t21-,30+,33+/m1/s1. The molecule has 46 heavy (non-hydrogen) atoms. The van der Waals surface area contributed by atoms with E-state index in [1.165, 1.54) is 42.6 Å². The van der Waals surface area contributed by atoms with Gasteiger partial charge in [0.2, 0.25) is 5.91 Å². The van der Waals surface area contributed by atoms with Gasteiger partial charge in [0, 0.05) is 42.9 Å². The number of carbonyl (C=O) groups is 1. The van der Waals surface area contributed by atoms with Gasteiger partial charge in [0.1, 0.15) is 34.2 Å². The number of piperazine rings is 1. The van der Waals surface area contributed by atoms with Crippen LogP contribution in [0, 0.1) is 23.3 Å². The zero-order valence-electron chi connectivity index (χ0n) is 24.9. The summed E-state index contributed by atoms with van der Waals surface area (Å²) in [5.74, 6) is -3.70. The van der Waals surface area contributed by atoms with Gasteiger partial charge in [-0.3, -0.25) is 15.1 Å². The van der Waals surface area contributed by atoms with Crippen LogP contribution in [0.25, 0.3) is 0 Å². The average Bonchev–Trinajstić information content (AvgIpc) is 3.01. The van der Waals surface area contributed by atoms with E-state index in [-0.39, 0.29) is 53.7 Å². The van der Waals surface area contributed by atoms with Crippen molar-refractivity contribution in [3.8, 4) is 0 Å². The first-order chi connectivity index (χ1) is 22.0. The maximum Gasteiger partial charge on any atom is 0.247 e. The molecule has 8 nitrogen and oxygen atoms in total. The van der Waals surface area contributed by atoms with Gasteiger partial charge in [0.05, 0.1) is 23.0 Å². The summed E-state index contributed by atoms with van der Waals surface area (Å²) in [6.07, 6.45) is 2.20. The number of carbonyl (C=O) groups excluding carboxylic acids is 1. The summed E-state index contributed by atoms with van der Waals surface area (Å²) in [7, 11) is -3.96. The first-order valence-electron chi connectivity index (χ1n) is 14.6. The molecule has 1 amide bonds. The Kier molecular flexibility index (Phi) is 10.0. The molecule has 1 fully saturated rings. The number of anilines is 2. The van der Waals surface area contributed by atoms with Crippen molar-refractivity contribution >= 4 is 27.1 Å². The molecule has 4 N–H and O–H groups in total. The second-order valence-corrected chi connectivity index (χ2v) is 13.6. The topological polar surface area (TPSA) is 112 Å². The summed E-state index contributed by atoms with van der Waals surface area (Å²) in [6, 6.07) is 14.6. The van der Waals surface area contributed by atoms with Crippen molar-refractivity contribution in [2.45, 2.75) is 48.0 Å². The molecule has 1 aliphatic heterocycles. The number of aromatic nitrogens is 1. The first kappa shape index (κ1) is 33.0. The van der Waals surface area contributed by atoms with Crippen LogP contribution in [0.5, 0.6) is 0 Å². The van der Waals surface area contributed by atoms with Crippen LogP contribution >= 0.6 is 0 Å². The normalized spacial score (nSPS) is 18.9. The maximum atomic E-state index is 15.5. The van der Waals surface area contributed by atoms with Gasteiger partial charge < -0.3 is 16.0 Å². The molecule has 0 unspecified atom stereocenters. The molecule has 3 aromatic carbocycles. The number of halogens is 4. The van der Waals surface area contributed by atoms with Gasteiger partial charge in [-0.2, -0.15) is 0 Å². The third-order valence-corrected chi connectivity index (χ3v) is 10.2. The van der Waals surface area contributed by atoms with Crippen LogP contribution < -0.4 is 21.3 Å². The molecule has 1 aromatic heterocycles. The first-order valence-corrected chi connectivity index (χ1v) is 16.1. The molecule has 1 aliphatic rings. The molecule has 0 saturated carbocycles. The molecule has 0 radical (unpaired) electrons. The minimum Gasteiger partial charge on any atom is -0.372 e. The molecule has 2 heterocycles. The number of pyridine rings is 1. The summed E-state index contributed by atoms with van der Waals surface area (Å²) in [4.78, 5) is 16.1. The molecule has 5 rings (SSSR count). The molecular weight excluding hydrogens is 622 g/mol. The highest BCUT2D eigenvalue weighted by Gasteiger charge is 2.47. The van der Waals surface area contributed by atoms with E-state index in [4.69, 9.17) is 0 Å². The Labute approximate surface area is 264 Å². The van der Waals surface area contributed by atoms with Crippen molar-refractivity contribution in [2.24, 2.45) is 0 Å². The Morgan fingerprint density at radius 1 is 0.978 bits per heavy atom. The van der Waals surface area contributed by atoms with Crippen molar-refractivity contribution in [2.75, 3.05) is 23.7 Å². The Morgan fingerprint density at radius 3 is 2.35 bits per heavy atom. The van der Waals surface area contributed by atoms with Gasteiger partial charge in [0.25, 0.3) is 0 Å². The molecule has 1 saturated heterocycles. The highest BCUT2D eigenvalue weighted by atomic mass is 32.2. The van der Waals surface area contributed by atoms with Gasteiger partial charge in [-0.25, -0.2) is 26.0 Å². The Morgan fingerprint density at radius 2 is 1.67 bits per heavy atom. The smallest absolute Gasteiger partial charge is 0.247 e. The zero-order chi connectivity index (χ0) is 32.9. The van der Waals surface area contributed by atoms with Gasteiger partial charge in [-0.15, -0.1) is 0 Å². The fourth-order valence-electron chi connectivity index (χ4n) is 5.61. The fourth-order valence-corrected chi connectivity index (χ4v) is 7.60. The summed E-state index contributed by atoms with van der Waals surface area (Å²) < 4.78 is 84.8. The Bertz CT molecular complexity index is 1770. The molecule has 242 valence electrons. The van der Waals surface area contributed by atoms with Crippen LogP contribution in [0.15, 0.2) is 90.1 Å². The van der Waals surface area contributed by atoms with E-state index in [9.17, 15) is 26.4 Å². The van der Waals surface area contributed by atoms with Crippen LogP contribution in [-0.4, -0.2) is 49.4 Å². The van der Waals surface area contributed by atoms with Gasteiger partial charge >= 0.3 is 0 Å². The van der Waals surface area contributed by atoms with Crippen molar-refractivity contribution in [1.29, 1.82) is 0 Å². The van der Waals surface area contributed by atoms with Crippen molar-refractivity contribution in [1.82, 2.24) is 15.6 Å². The lowest BCUT2D eigenvalue weighted by Gasteiger charge is -2.41. The molecule has 0 aliphatic carbocycles. The number of amides is 1. The number of nitrogens with zero attached hydrogens (tertiary/aromatic N) is 1. The monoisotopic (exact) mass is 655 g/mol. The summed E-state index contributed by atoms with van der Waals surface area (Å²) in [6.45, 7) is 2.46. The molecular formula is C33H33F4N5O3S. The van der Waals surface area contributed by atoms with Crippen LogP contribution in [0.1, 0.15) is 24.5 Å². The van der Waals surface area contributed by atoms with E-state index in [0.29, 0.717) is 18.2 Å². The van der Waals surface area contributed by atoms with Gasteiger partial charge in [0.15, 0.2) is 9.84 Å². The second-order valence-electron chi connectivity index (χ2n) is 11.3. The highest BCUT2D eigenvalue weighted by molar-refractivity contribution is 7.92. The lowest BCUT2D eigenvalue weighted by molar-refractivity contribution is -0.116. The highest BCUT2D eigenvalue weighted by Crippen LogP contribution is 2.32. The Balaban J connectivity index is 1.46. The van der Waals surface area contributed by atoms with Crippen LogP contribution in [0.2, 0.25) is 0 Å². The van der Waals surface area contributed by atoms with E-state index in [1.54, 1.807) is 18.2 Å². The molecule has 13 heteroatoms. The molecule has 4 aromatic rings. The Hall–Kier alpha value is -4.33. The third-order valence-electron chi connectivity index (χ3n) is 7.85. The third kappa shape index (κ3) is 7.54. The number of rotatable bonds is 11. The van der Waals surface area contributed by atoms with Crippen LogP contribution in [0.4, 0.5) is 28.9 Å². The van der Waals surface area contributed by atoms with E-state index >= 15 is 4.39 Å². The number of nitrogens with one attached hydrogen (secondary N) is 4. The molecule has 3 atom stereocenters. The SMILES string of the molecule is C[C@@H]1CNC[C@](CCc2c(F)cncc2N[C@@H](Cc2ccc(F)cc2)C(=O)Nc2cc(F)cc(F)c2)(S(=O)(=O)c2ccccc2)N1. The van der Waals surface area contributed by atoms with Crippen molar-refractivity contribution in [3.05, 3.63) is 120 Å². The summed E-state index contributed by atoms with van der Waals surface area (Å²) in [5.41, 5.74) is 0.622. The van der Waals surface area contributed by atoms with E-state index < -0.39 is 49.9 Å². The van der Waals surface area contributed by atoms with Gasteiger partial charge in [-0.1, -0.05) is 30.3 Å². The van der Waals surface area contributed by atoms with E-state index in [2.05, 4.69) is 26.3 Å². The predicted octanol–water partition coefficient (Wildman–Crippen LogP) is 4.98. The zero-order valence-corrected chi connectivity index (χ0v) is 25.7. The summed E-state index contributed by atoms with van der Waals surface area (Å²) >= 11 is 0. The largest absolute Gasteiger partial charge is 0.372 e. The van der Waals surface area contributed by atoms with Crippen molar-refractivity contribution < 1.29 is 30.8 Å². The average molecular weight is 656 g/mol. The maximum absolute atomic E-state index is 15.5. The lowest BCUT2D eigenvalue weighted by atomic mass is 10.00.